The standard InChI is InChI=1S/C12H9NO2S/c14-12(15)10-4-1-9(2-5-10)3-6-11-13-7-8-16-11/h1-8H,(H,14,15). The van der Waals surface area contributed by atoms with Crippen LogP contribution in [-0.4, -0.2) is 16.1 Å². The van der Waals surface area contributed by atoms with Crippen molar-refractivity contribution in [3.05, 3.63) is 52.0 Å². The average Bonchev–Trinajstić information content (AvgIpc) is 2.80. The summed E-state index contributed by atoms with van der Waals surface area (Å²) in [6, 6.07) is 6.72. The van der Waals surface area contributed by atoms with Crippen molar-refractivity contribution in [3.63, 3.8) is 0 Å². The number of carboxylic acid groups (broad SMARTS) is 1. The fourth-order valence-electron chi connectivity index (χ4n) is 1.22. The molecule has 1 aromatic heterocycles. The van der Waals surface area contributed by atoms with Crippen LogP contribution in [0.15, 0.2) is 35.8 Å². The molecule has 0 atom stereocenters. The number of rotatable bonds is 3. The third-order valence-corrected chi connectivity index (χ3v) is 2.77. The van der Waals surface area contributed by atoms with E-state index in [9.17, 15) is 4.79 Å². The maximum absolute atomic E-state index is 10.6. The number of nitrogens with zero attached hydrogens (tertiary/aromatic N) is 1. The Hall–Kier alpha value is -1.94. The topological polar surface area (TPSA) is 50.2 Å². The highest BCUT2D eigenvalue weighted by Crippen LogP contribution is 2.11. The SMILES string of the molecule is O=C(O)c1ccc(C=Cc2nccs2)cc1. The van der Waals surface area contributed by atoms with Crippen molar-refractivity contribution in [2.24, 2.45) is 0 Å². The van der Waals surface area contributed by atoms with Crippen molar-refractivity contribution in [2.75, 3.05) is 0 Å². The highest BCUT2D eigenvalue weighted by atomic mass is 32.1. The van der Waals surface area contributed by atoms with E-state index in [2.05, 4.69) is 4.98 Å². The summed E-state index contributed by atoms with van der Waals surface area (Å²) >= 11 is 1.56. The molecule has 0 radical (unpaired) electrons. The van der Waals surface area contributed by atoms with Crippen molar-refractivity contribution in [1.29, 1.82) is 0 Å². The van der Waals surface area contributed by atoms with Gasteiger partial charge in [0.15, 0.2) is 0 Å². The van der Waals surface area contributed by atoms with Crippen LogP contribution in [-0.2, 0) is 0 Å². The summed E-state index contributed by atoms with van der Waals surface area (Å²) in [5.74, 6) is -0.907. The van der Waals surface area contributed by atoms with Crippen molar-refractivity contribution in [3.8, 4) is 0 Å². The van der Waals surface area contributed by atoms with Crippen molar-refractivity contribution in [1.82, 2.24) is 4.98 Å². The second-order valence-corrected chi connectivity index (χ2v) is 4.06. The lowest BCUT2D eigenvalue weighted by Crippen LogP contribution is -1.94. The molecule has 0 fully saturated rings. The van der Waals surface area contributed by atoms with Crippen LogP contribution in [0.2, 0.25) is 0 Å². The van der Waals surface area contributed by atoms with Gasteiger partial charge in [0, 0.05) is 11.6 Å². The molecule has 80 valence electrons. The Balaban J connectivity index is 2.14. The Bertz CT molecular complexity index is 500. The van der Waals surface area contributed by atoms with Crippen LogP contribution >= 0.6 is 11.3 Å². The number of thiazole rings is 1. The molecule has 2 aromatic rings. The molecule has 0 saturated heterocycles. The first-order valence-electron chi connectivity index (χ1n) is 4.66. The lowest BCUT2D eigenvalue weighted by molar-refractivity contribution is 0.0697. The van der Waals surface area contributed by atoms with E-state index < -0.39 is 5.97 Å². The number of carbonyl (C=O) groups is 1. The molecule has 1 heterocycles. The minimum absolute atomic E-state index is 0.298. The molecule has 0 aliphatic rings. The summed E-state index contributed by atoms with van der Waals surface area (Å²) in [7, 11) is 0. The molecule has 0 aliphatic carbocycles. The van der Waals surface area contributed by atoms with E-state index in [0.29, 0.717) is 5.56 Å². The van der Waals surface area contributed by atoms with Crippen LogP contribution in [0, 0.1) is 0 Å². The predicted molar refractivity (Wildman–Crippen MR) is 64.4 cm³/mol. The monoisotopic (exact) mass is 231 g/mol. The maximum atomic E-state index is 10.6. The highest BCUT2D eigenvalue weighted by Gasteiger charge is 1.99. The zero-order valence-corrected chi connectivity index (χ0v) is 9.15. The van der Waals surface area contributed by atoms with Crippen molar-refractivity contribution in [2.45, 2.75) is 0 Å². The Morgan fingerprint density at radius 1 is 1.25 bits per heavy atom. The summed E-state index contributed by atoms with van der Waals surface area (Å²) < 4.78 is 0. The van der Waals surface area contributed by atoms with Crippen molar-refractivity contribution < 1.29 is 9.90 Å². The Morgan fingerprint density at radius 2 is 2.00 bits per heavy atom. The molecular formula is C12H9NO2S. The smallest absolute Gasteiger partial charge is 0.335 e. The zero-order chi connectivity index (χ0) is 11.4. The molecule has 0 amide bonds. The second kappa shape index (κ2) is 4.72. The van der Waals surface area contributed by atoms with Gasteiger partial charge in [0.25, 0.3) is 0 Å². The first-order valence-corrected chi connectivity index (χ1v) is 5.54. The largest absolute Gasteiger partial charge is 0.478 e. The van der Waals surface area contributed by atoms with Gasteiger partial charge in [0.05, 0.1) is 5.56 Å². The number of carboxylic acids is 1. The molecular weight excluding hydrogens is 222 g/mol. The van der Waals surface area contributed by atoms with Gasteiger partial charge in [-0.05, 0) is 23.8 Å². The van der Waals surface area contributed by atoms with Crippen LogP contribution in [0.5, 0.6) is 0 Å². The summed E-state index contributed by atoms with van der Waals surface area (Å²) in [5.41, 5.74) is 1.26. The molecule has 1 N–H and O–H groups in total. The fraction of sp³-hybridized carbons (Fsp3) is 0. The first-order chi connectivity index (χ1) is 7.75. The van der Waals surface area contributed by atoms with Gasteiger partial charge in [-0.25, -0.2) is 9.78 Å². The summed E-state index contributed by atoms with van der Waals surface area (Å²) in [4.78, 5) is 14.7. The number of aromatic nitrogens is 1. The molecule has 0 unspecified atom stereocenters. The maximum Gasteiger partial charge on any atom is 0.335 e. The molecule has 1 aromatic carbocycles. The molecule has 3 nitrogen and oxygen atoms in total. The second-order valence-electron chi connectivity index (χ2n) is 3.13. The highest BCUT2D eigenvalue weighted by molar-refractivity contribution is 7.10. The van der Waals surface area contributed by atoms with Crippen LogP contribution in [0.1, 0.15) is 20.9 Å². The van der Waals surface area contributed by atoms with Gasteiger partial charge in [0.2, 0.25) is 0 Å². The molecule has 4 heteroatoms. The van der Waals surface area contributed by atoms with Gasteiger partial charge in [-0.15, -0.1) is 11.3 Å². The number of hydrogen-bond donors (Lipinski definition) is 1. The molecule has 0 spiro atoms. The number of aromatic carboxylic acids is 1. The van der Waals surface area contributed by atoms with Crippen LogP contribution in [0.3, 0.4) is 0 Å². The van der Waals surface area contributed by atoms with Gasteiger partial charge >= 0.3 is 5.97 Å². The van der Waals surface area contributed by atoms with Crippen LogP contribution in [0.4, 0.5) is 0 Å². The minimum atomic E-state index is -0.907. The van der Waals surface area contributed by atoms with E-state index in [1.165, 1.54) is 0 Å². The predicted octanol–water partition coefficient (Wildman–Crippen LogP) is 3.01. The molecule has 2 rings (SSSR count). The summed E-state index contributed by atoms with van der Waals surface area (Å²) in [5, 5.41) is 11.6. The Morgan fingerprint density at radius 3 is 2.56 bits per heavy atom. The molecule has 0 bridgehead atoms. The van der Waals surface area contributed by atoms with E-state index in [0.717, 1.165) is 10.6 Å². The lowest BCUT2D eigenvalue weighted by Gasteiger charge is -1.95. The van der Waals surface area contributed by atoms with E-state index in [1.54, 1.807) is 41.8 Å². The normalized spacial score (nSPS) is 10.8. The zero-order valence-electron chi connectivity index (χ0n) is 8.33. The Labute approximate surface area is 96.7 Å². The van der Waals surface area contributed by atoms with E-state index in [4.69, 9.17) is 5.11 Å². The van der Waals surface area contributed by atoms with E-state index in [-0.39, 0.29) is 0 Å². The molecule has 0 saturated carbocycles. The number of hydrogen-bond acceptors (Lipinski definition) is 3. The van der Waals surface area contributed by atoms with Gasteiger partial charge < -0.3 is 5.11 Å². The molecule has 0 aliphatic heterocycles. The third kappa shape index (κ3) is 2.55. The van der Waals surface area contributed by atoms with Crippen LogP contribution < -0.4 is 0 Å². The number of benzene rings is 1. The quantitative estimate of drug-likeness (QED) is 0.883. The summed E-state index contributed by atoms with van der Waals surface area (Å²) in [6.07, 6.45) is 5.56. The summed E-state index contributed by atoms with van der Waals surface area (Å²) in [6.45, 7) is 0. The van der Waals surface area contributed by atoms with Crippen LogP contribution in [0.25, 0.3) is 12.2 Å². The Kier molecular flexibility index (Phi) is 3.12. The van der Waals surface area contributed by atoms with Gasteiger partial charge in [-0.2, -0.15) is 0 Å². The van der Waals surface area contributed by atoms with Gasteiger partial charge in [-0.3, -0.25) is 0 Å². The molecule has 16 heavy (non-hydrogen) atoms. The lowest BCUT2D eigenvalue weighted by atomic mass is 10.1. The minimum Gasteiger partial charge on any atom is -0.478 e. The fourth-order valence-corrected chi connectivity index (χ4v) is 1.75. The van der Waals surface area contributed by atoms with E-state index in [1.807, 2.05) is 17.5 Å². The first kappa shape index (κ1) is 10.6. The van der Waals surface area contributed by atoms with Gasteiger partial charge in [0.1, 0.15) is 5.01 Å². The third-order valence-electron chi connectivity index (χ3n) is 2.03. The van der Waals surface area contributed by atoms with Crippen molar-refractivity contribution >= 4 is 29.5 Å². The average molecular weight is 231 g/mol. The van der Waals surface area contributed by atoms with E-state index >= 15 is 0 Å². The van der Waals surface area contributed by atoms with Gasteiger partial charge in [-0.1, -0.05) is 18.2 Å².